The lowest BCUT2D eigenvalue weighted by atomic mass is 10.0. The number of hydrogen-bond acceptors (Lipinski definition) is 4. The summed E-state index contributed by atoms with van der Waals surface area (Å²) in [6.45, 7) is 0. The quantitative estimate of drug-likeness (QED) is 0.373. The van der Waals surface area contributed by atoms with E-state index >= 15 is 0 Å². The maximum absolute atomic E-state index is 9.61. The van der Waals surface area contributed by atoms with Gasteiger partial charge in [-0.2, -0.15) is 5.10 Å². The van der Waals surface area contributed by atoms with Gasteiger partial charge in [-0.05, 0) is 5.39 Å². The topological polar surface area (TPSA) is 78.8 Å². The number of hydrazone groups is 1. The fraction of sp³-hybridized carbons (Fsp3) is 0. The van der Waals surface area contributed by atoms with Crippen LogP contribution in [0.25, 0.3) is 10.8 Å². The summed E-state index contributed by atoms with van der Waals surface area (Å²) in [6.07, 6.45) is 1.36. The molecule has 0 bridgehead atoms. The molecular formula is C11H10N2O2. The van der Waals surface area contributed by atoms with Gasteiger partial charge in [0.05, 0.1) is 6.21 Å². The Morgan fingerprint density at radius 2 is 1.73 bits per heavy atom. The van der Waals surface area contributed by atoms with E-state index in [4.69, 9.17) is 5.84 Å². The van der Waals surface area contributed by atoms with Gasteiger partial charge < -0.3 is 16.1 Å². The molecule has 2 rings (SSSR count). The second-order valence-corrected chi connectivity index (χ2v) is 3.15. The van der Waals surface area contributed by atoms with Gasteiger partial charge in [0.25, 0.3) is 0 Å². The Kier molecular flexibility index (Phi) is 2.17. The van der Waals surface area contributed by atoms with Crippen LogP contribution in [-0.2, 0) is 0 Å². The van der Waals surface area contributed by atoms with E-state index in [-0.39, 0.29) is 11.5 Å². The molecule has 0 aliphatic carbocycles. The maximum Gasteiger partial charge on any atom is 0.128 e. The van der Waals surface area contributed by atoms with Gasteiger partial charge in [0, 0.05) is 17.0 Å². The summed E-state index contributed by atoms with van der Waals surface area (Å²) in [5.41, 5.74) is 0.505. The minimum atomic E-state index is -0.0413. The van der Waals surface area contributed by atoms with E-state index in [0.29, 0.717) is 16.3 Å². The molecule has 0 atom stereocenters. The molecule has 4 nitrogen and oxygen atoms in total. The zero-order chi connectivity index (χ0) is 10.8. The molecule has 15 heavy (non-hydrogen) atoms. The third-order valence-corrected chi connectivity index (χ3v) is 2.25. The van der Waals surface area contributed by atoms with E-state index in [0.717, 1.165) is 0 Å². The van der Waals surface area contributed by atoms with Crippen molar-refractivity contribution in [2.75, 3.05) is 0 Å². The third kappa shape index (κ3) is 1.46. The van der Waals surface area contributed by atoms with Gasteiger partial charge in [-0.3, -0.25) is 0 Å². The van der Waals surface area contributed by atoms with Crippen LogP contribution in [0, 0.1) is 0 Å². The molecule has 2 aromatic carbocycles. The van der Waals surface area contributed by atoms with Crippen LogP contribution in [0.4, 0.5) is 0 Å². The van der Waals surface area contributed by atoms with Crippen LogP contribution in [0.5, 0.6) is 11.5 Å². The highest BCUT2D eigenvalue weighted by Crippen LogP contribution is 2.33. The first-order chi connectivity index (χ1) is 7.24. The highest BCUT2D eigenvalue weighted by Gasteiger charge is 2.08. The number of benzene rings is 2. The first kappa shape index (κ1) is 9.33. The number of phenolic OH excluding ortho intramolecular Hbond substituents is 2. The normalized spacial score (nSPS) is 11.2. The van der Waals surface area contributed by atoms with Crippen molar-refractivity contribution in [3.8, 4) is 11.5 Å². The molecule has 0 fully saturated rings. The Hall–Kier alpha value is -2.23. The molecule has 76 valence electrons. The highest BCUT2D eigenvalue weighted by molar-refractivity contribution is 6.04. The number of hydrogen-bond donors (Lipinski definition) is 3. The van der Waals surface area contributed by atoms with Gasteiger partial charge in [-0.15, -0.1) is 0 Å². The number of phenols is 2. The molecule has 0 spiro atoms. The lowest BCUT2D eigenvalue weighted by Gasteiger charge is -2.06. The summed E-state index contributed by atoms with van der Waals surface area (Å²) in [6, 6.07) is 8.45. The molecule has 0 aliphatic heterocycles. The van der Waals surface area contributed by atoms with Crippen molar-refractivity contribution >= 4 is 17.0 Å². The molecule has 0 saturated carbocycles. The SMILES string of the molecule is NN=Cc1c(O)cc(O)c2ccccc12. The largest absolute Gasteiger partial charge is 0.507 e. The molecular weight excluding hydrogens is 192 g/mol. The van der Waals surface area contributed by atoms with E-state index in [1.165, 1.54) is 12.3 Å². The second kappa shape index (κ2) is 3.49. The summed E-state index contributed by atoms with van der Waals surface area (Å²) >= 11 is 0. The number of rotatable bonds is 1. The zero-order valence-electron chi connectivity index (χ0n) is 7.88. The average molecular weight is 202 g/mol. The zero-order valence-corrected chi connectivity index (χ0v) is 7.88. The number of nitrogens with zero attached hydrogens (tertiary/aromatic N) is 1. The summed E-state index contributed by atoms with van der Waals surface area (Å²) < 4.78 is 0. The molecule has 0 amide bonds. The monoisotopic (exact) mass is 202 g/mol. The summed E-state index contributed by atoms with van der Waals surface area (Å²) in [5.74, 6) is 5.05. The van der Waals surface area contributed by atoms with Crippen molar-refractivity contribution in [2.24, 2.45) is 10.9 Å². The third-order valence-electron chi connectivity index (χ3n) is 2.25. The molecule has 0 heterocycles. The predicted molar refractivity (Wildman–Crippen MR) is 59.1 cm³/mol. The van der Waals surface area contributed by atoms with Gasteiger partial charge >= 0.3 is 0 Å². The Morgan fingerprint density at radius 3 is 2.40 bits per heavy atom. The van der Waals surface area contributed by atoms with Crippen molar-refractivity contribution in [2.45, 2.75) is 0 Å². The Labute approximate surface area is 86.3 Å². The van der Waals surface area contributed by atoms with Gasteiger partial charge in [0.15, 0.2) is 0 Å². The lowest BCUT2D eigenvalue weighted by molar-refractivity contribution is 0.454. The van der Waals surface area contributed by atoms with E-state index in [2.05, 4.69) is 5.10 Å². The fourth-order valence-electron chi connectivity index (χ4n) is 1.57. The summed E-state index contributed by atoms with van der Waals surface area (Å²) in [5, 5.41) is 24.0. The molecule has 4 N–H and O–H groups in total. The van der Waals surface area contributed by atoms with Crippen LogP contribution in [-0.4, -0.2) is 16.4 Å². The number of nitrogens with two attached hydrogens (primary N) is 1. The minimum absolute atomic E-state index is 0.0391. The van der Waals surface area contributed by atoms with Gasteiger partial charge in [-0.1, -0.05) is 24.3 Å². The molecule has 4 heteroatoms. The van der Waals surface area contributed by atoms with E-state index < -0.39 is 0 Å². The molecule has 0 aromatic heterocycles. The standard InChI is InChI=1S/C11H10N2O2/c12-13-6-9-7-3-1-2-4-8(7)10(14)5-11(9)15/h1-6,14-15H,12H2. The molecule has 0 unspecified atom stereocenters. The van der Waals surface area contributed by atoms with Crippen molar-refractivity contribution < 1.29 is 10.2 Å². The number of fused-ring (bicyclic) bond motifs is 1. The van der Waals surface area contributed by atoms with Gasteiger partial charge in [0.1, 0.15) is 11.5 Å². The molecule has 0 radical (unpaired) electrons. The van der Waals surface area contributed by atoms with Crippen LogP contribution < -0.4 is 5.84 Å². The maximum atomic E-state index is 9.61. The first-order valence-electron chi connectivity index (χ1n) is 4.41. The predicted octanol–water partition coefficient (Wildman–Crippen LogP) is 1.54. The van der Waals surface area contributed by atoms with Gasteiger partial charge in [-0.25, -0.2) is 0 Å². The van der Waals surface area contributed by atoms with E-state index in [1.807, 2.05) is 12.1 Å². The Morgan fingerprint density at radius 1 is 1.07 bits per heavy atom. The second-order valence-electron chi connectivity index (χ2n) is 3.15. The highest BCUT2D eigenvalue weighted by atomic mass is 16.3. The van der Waals surface area contributed by atoms with Gasteiger partial charge in [0.2, 0.25) is 0 Å². The summed E-state index contributed by atoms with van der Waals surface area (Å²) in [4.78, 5) is 0. The van der Waals surface area contributed by atoms with E-state index in [1.54, 1.807) is 12.1 Å². The smallest absolute Gasteiger partial charge is 0.128 e. The molecule has 2 aromatic rings. The van der Waals surface area contributed by atoms with Crippen LogP contribution in [0.15, 0.2) is 35.4 Å². The number of aromatic hydroxyl groups is 2. The molecule has 0 saturated heterocycles. The van der Waals surface area contributed by atoms with E-state index in [9.17, 15) is 10.2 Å². The molecule has 0 aliphatic rings. The fourth-order valence-corrected chi connectivity index (χ4v) is 1.57. The van der Waals surface area contributed by atoms with Crippen molar-refractivity contribution in [1.29, 1.82) is 0 Å². The average Bonchev–Trinajstić information content (AvgIpc) is 2.24. The van der Waals surface area contributed by atoms with Crippen molar-refractivity contribution in [3.05, 3.63) is 35.9 Å². The first-order valence-corrected chi connectivity index (χ1v) is 4.41. The van der Waals surface area contributed by atoms with Crippen LogP contribution in [0.2, 0.25) is 0 Å². The summed E-state index contributed by atoms with van der Waals surface area (Å²) in [7, 11) is 0. The van der Waals surface area contributed by atoms with Crippen LogP contribution in [0.1, 0.15) is 5.56 Å². The minimum Gasteiger partial charge on any atom is -0.507 e. The lowest BCUT2D eigenvalue weighted by Crippen LogP contribution is -1.89. The van der Waals surface area contributed by atoms with Crippen LogP contribution in [0.3, 0.4) is 0 Å². The Balaban J connectivity index is 2.89. The van der Waals surface area contributed by atoms with Crippen LogP contribution >= 0.6 is 0 Å². The van der Waals surface area contributed by atoms with Crippen molar-refractivity contribution in [1.82, 2.24) is 0 Å². The van der Waals surface area contributed by atoms with Crippen molar-refractivity contribution in [3.63, 3.8) is 0 Å². The Bertz CT molecular complexity index is 535.